The minimum absolute atomic E-state index is 0.265. The van der Waals surface area contributed by atoms with Crippen molar-refractivity contribution in [3.63, 3.8) is 0 Å². The number of nitrogens with one attached hydrogen (secondary N) is 1. The van der Waals surface area contributed by atoms with Crippen molar-refractivity contribution in [1.82, 2.24) is 14.9 Å². The van der Waals surface area contributed by atoms with Crippen LogP contribution >= 0.6 is 11.3 Å². The predicted molar refractivity (Wildman–Crippen MR) is 103 cm³/mol. The Balaban J connectivity index is 2.00. The Bertz CT molecular complexity index is 1070. The molecule has 1 amide bonds. The minimum Gasteiger partial charge on any atom is -0.443 e. The normalized spacial score (nSPS) is 12.0. The van der Waals surface area contributed by atoms with Gasteiger partial charge in [-0.05, 0) is 19.4 Å². The molecule has 0 aliphatic rings. The fourth-order valence-electron chi connectivity index (χ4n) is 2.73. The molecule has 0 spiro atoms. The summed E-state index contributed by atoms with van der Waals surface area (Å²) in [6, 6.07) is 8.82. The fourth-order valence-corrected chi connectivity index (χ4v) is 3.84. The molecule has 0 unspecified atom stereocenters. The van der Waals surface area contributed by atoms with Gasteiger partial charge in [0, 0.05) is 19.7 Å². The smallest absolute Gasteiger partial charge is 0.349 e. The largest absolute Gasteiger partial charge is 0.443 e. The van der Waals surface area contributed by atoms with E-state index in [0.29, 0.717) is 27.2 Å². The summed E-state index contributed by atoms with van der Waals surface area (Å²) in [5.41, 5.74) is 0.780. The Morgan fingerprint density at radius 3 is 2.48 bits per heavy atom. The van der Waals surface area contributed by atoms with Gasteiger partial charge in [-0.15, -0.1) is 11.3 Å². The first-order chi connectivity index (χ1) is 12.8. The zero-order chi connectivity index (χ0) is 19.7. The number of esters is 1. The van der Waals surface area contributed by atoms with Gasteiger partial charge in [-0.2, -0.15) is 0 Å². The van der Waals surface area contributed by atoms with Crippen LogP contribution in [0.4, 0.5) is 0 Å². The second kappa shape index (κ2) is 7.32. The van der Waals surface area contributed by atoms with Gasteiger partial charge in [0.2, 0.25) is 6.10 Å². The van der Waals surface area contributed by atoms with Gasteiger partial charge in [-0.1, -0.05) is 30.3 Å². The SMILES string of the molecule is Cc1nc2sc(C(=O)O[C@H](C(=O)N(C)C)c3ccccc3)c(C)c2c(=O)[nH]1. The molecule has 2 heterocycles. The van der Waals surface area contributed by atoms with Crippen LogP contribution in [0.1, 0.15) is 32.7 Å². The Labute approximate surface area is 159 Å². The lowest BCUT2D eigenvalue weighted by Gasteiger charge is -2.21. The summed E-state index contributed by atoms with van der Waals surface area (Å²) in [4.78, 5) is 46.6. The molecule has 0 fully saturated rings. The number of benzene rings is 1. The summed E-state index contributed by atoms with van der Waals surface area (Å²) in [5, 5.41) is 0.368. The lowest BCUT2D eigenvalue weighted by atomic mass is 10.1. The molecule has 2 aromatic heterocycles. The van der Waals surface area contributed by atoms with Crippen LogP contribution in [0.15, 0.2) is 35.1 Å². The number of ether oxygens (including phenoxy) is 1. The maximum absolute atomic E-state index is 12.8. The number of aromatic nitrogens is 2. The second-order valence-corrected chi connectivity index (χ2v) is 7.32. The summed E-state index contributed by atoms with van der Waals surface area (Å²) in [5.74, 6) is -0.532. The molecular weight excluding hydrogens is 366 g/mol. The van der Waals surface area contributed by atoms with E-state index in [1.165, 1.54) is 4.90 Å². The number of carbonyl (C=O) groups excluding carboxylic acids is 2. The van der Waals surface area contributed by atoms with Crippen molar-refractivity contribution in [2.45, 2.75) is 20.0 Å². The molecule has 0 aliphatic heterocycles. The Kier molecular flexibility index (Phi) is 5.09. The molecule has 7 nitrogen and oxygen atoms in total. The number of carbonyl (C=O) groups is 2. The van der Waals surface area contributed by atoms with Crippen LogP contribution in [0.5, 0.6) is 0 Å². The Hall–Kier alpha value is -3.00. The van der Waals surface area contributed by atoms with E-state index in [2.05, 4.69) is 9.97 Å². The van der Waals surface area contributed by atoms with Crippen LogP contribution in [-0.4, -0.2) is 40.8 Å². The molecule has 0 bridgehead atoms. The van der Waals surface area contributed by atoms with Crippen molar-refractivity contribution in [3.05, 3.63) is 62.5 Å². The standard InChI is InChI=1S/C19H19N3O4S/c1-10-13-16(23)20-11(2)21-17(13)27-15(10)19(25)26-14(18(24)22(3)4)12-8-6-5-7-9-12/h5-9,14H,1-4H3,(H,20,21,23)/t14-/m0/s1. The maximum atomic E-state index is 12.8. The number of amides is 1. The number of aryl methyl sites for hydroxylation is 2. The summed E-state index contributed by atoms with van der Waals surface area (Å²) in [6.45, 7) is 3.35. The van der Waals surface area contributed by atoms with Crippen molar-refractivity contribution in [2.24, 2.45) is 0 Å². The average Bonchev–Trinajstić information content (AvgIpc) is 2.96. The zero-order valence-corrected chi connectivity index (χ0v) is 16.2. The molecule has 0 radical (unpaired) electrons. The molecule has 8 heteroatoms. The second-order valence-electron chi connectivity index (χ2n) is 6.32. The highest BCUT2D eigenvalue weighted by atomic mass is 32.1. The first-order valence-corrected chi connectivity index (χ1v) is 9.08. The van der Waals surface area contributed by atoms with E-state index in [-0.39, 0.29) is 16.3 Å². The topological polar surface area (TPSA) is 92.4 Å². The Morgan fingerprint density at radius 2 is 1.85 bits per heavy atom. The minimum atomic E-state index is -1.06. The van der Waals surface area contributed by atoms with E-state index in [9.17, 15) is 14.4 Å². The number of hydrogen-bond donors (Lipinski definition) is 1. The molecule has 1 aromatic carbocycles. The quantitative estimate of drug-likeness (QED) is 0.697. The van der Waals surface area contributed by atoms with Gasteiger partial charge in [0.05, 0.1) is 5.39 Å². The van der Waals surface area contributed by atoms with Gasteiger partial charge in [0.25, 0.3) is 11.5 Å². The van der Waals surface area contributed by atoms with E-state index >= 15 is 0 Å². The predicted octanol–water partition coefficient (Wildman–Crippen LogP) is 2.59. The lowest BCUT2D eigenvalue weighted by Crippen LogP contribution is -2.31. The highest BCUT2D eigenvalue weighted by molar-refractivity contribution is 7.20. The lowest BCUT2D eigenvalue weighted by molar-refractivity contribution is -0.138. The van der Waals surface area contributed by atoms with E-state index in [0.717, 1.165) is 11.3 Å². The molecule has 3 rings (SSSR count). The van der Waals surface area contributed by atoms with Gasteiger partial charge in [-0.25, -0.2) is 9.78 Å². The van der Waals surface area contributed by atoms with Crippen LogP contribution in [0, 0.1) is 13.8 Å². The number of fused-ring (bicyclic) bond motifs is 1. The number of nitrogens with zero attached hydrogens (tertiary/aromatic N) is 2. The molecule has 140 valence electrons. The molecule has 0 aliphatic carbocycles. The fraction of sp³-hybridized carbons (Fsp3) is 0.263. The van der Waals surface area contributed by atoms with Crippen molar-refractivity contribution in [2.75, 3.05) is 14.1 Å². The van der Waals surface area contributed by atoms with Crippen molar-refractivity contribution in [1.29, 1.82) is 0 Å². The number of thiophene rings is 1. The van der Waals surface area contributed by atoms with Crippen LogP contribution < -0.4 is 5.56 Å². The molecule has 1 N–H and O–H groups in total. The number of hydrogen-bond acceptors (Lipinski definition) is 6. The third-order valence-corrected chi connectivity index (χ3v) is 5.26. The van der Waals surface area contributed by atoms with E-state index < -0.39 is 12.1 Å². The zero-order valence-electron chi connectivity index (χ0n) is 15.4. The summed E-state index contributed by atoms with van der Waals surface area (Å²) < 4.78 is 5.57. The van der Waals surface area contributed by atoms with E-state index in [4.69, 9.17) is 4.74 Å². The number of H-pyrrole nitrogens is 1. The Morgan fingerprint density at radius 1 is 1.19 bits per heavy atom. The maximum Gasteiger partial charge on any atom is 0.349 e. The van der Waals surface area contributed by atoms with Crippen LogP contribution in [0.3, 0.4) is 0 Å². The summed E-state index contributed by atoms with van der Waals surface area (Å²) >= 11 is 1.09. The monoisotopic (exact) mass is 385 g/mol. The van der Waals surface area contributed by atoms with Crippen LogP contribution in [0.2, 0.25) is 0 Å². The van der Waals surface area contributed by atoms with Crippen LogP contribution in [0.25, 0.3) is 10.2 Å². The highest BCUT2D eigenvalue weighted by Gasteiger charge is 2.29. The molecule has 1 atom stereocenters. The first-order valence-electron chi connectivity index (χ1n) is 8.26. The van der Waals surface area contributed by atoms with Gasteiger partial charge < -0.3 is 14.6 Å². The third-order valence-electron chi connectivity index (χ3n) is 4.10. The number of aromatic amines is 1. The summed E-state index contributed by atoms with van der Waals surface area (Å²) in [7, 11) is 3.20. The van der Waals surface area contributed by atoms with Gasteiger partial charge in [0.1, 0.15) is 15.5 Å². The van der Waals surface area contributed by atoms with Gasteiger partial charge in [0.15, 0.2) is 0 Å². The van der Waals surface area contributed by atoms with E-state index in [1.807, 2.05) is 6.07 Å². The summed E-state index contributed by atoms with van der Waals surface area (Å²) in [6.07, 6.45) is -1.06. The molecule has 0 saturated heterocycles. The highest BCUT2D eigenvalue weighted by Crippen LogP contribution is 2.30. The molecule has 27 heavy (non-hydrogen) atoms. The number of likely N-dealkylation sites (N-methyl/N-ethyl adjacent to an activating group) is 1. The van der Waals surface area contributed by atoms with E-state index in [1.54, 1.807) is 52.2 Å². The first kappa shape index (κ1) is 18.8. The van der Waals surface area contributed by atoms with Gasteiger partial charge in [-0.3, -0.25) is 9.59 Å². The van der Waals surface area contributed by atoms with Crippen molar-refractivity contribution >= 4 is 33.4 Å². The number of rotatable bonds is 4. The molecule has 3 aromatic rings. The third kappa shape index (κ3) is 3.61. The molecule has 0 saturated carbocycles. The van der Waals surface area contributed by atoms with Gasteiger partial charge >= 0.3 is 5.97 Å². The van der Waals surface area contributed by atoms with Crippen molar-refractivity contribution < 1.29 is 14.3 Å². The van der Waals surface area contributed by atoms with Crippen molar-refractivity contribution in [3.8, 4) is 0 Å². The molecular formula is C19H19N3O4S. The average molecular weight is 385 g/mol. The van der Waals surface area contributed by atoms with Crippen LogP contribution in [-0.2, 0) is 9.53 Å².